The number of fused-ring (bicyclic) bond motifs is 1. The van der Waals surface area contributed by atoms with Crippen LogP contribution in [0, 0.1) is 0 Å². The number of hydrogen-bond donors (Lipinski definition) is 0. The number of ether oxygens (including phenoxy) is 1. The van der Waals surface area contributed by atoms with Crippen LogP contribution in [0.4, 0.5) is 0 Å². The molecule has 0 N–H and O–H groups in total. The first kappa shape index (κ1) is 13.9. The molecular formula is C19H20O2. The Morgan fingerprint density at radius 3 is 2.33 bits per heavy atom. The van der Waals surface area contributed by atoms with Gasteiger partial charge in [0.15, 0.2) is 11.9 Å². The molecule has 3 rings (SSSR count). The van der Waals surface area contributed by atoms with Crippen molar-refractivity contribution < 1.29 is 9.53 Å². The summed E-state index contributed by atoms with van der Waals surface area (Å²) in [5.41, 5.74) is 3.28. The van der Waals surface area contributed by atoms with E-state index in [0.717, 1.165) is 16.9 Å². The lowest BCUT2D eigenvalue weighted by Crippen LogP contribution is -2.25. The molecule has 0 fully saturated rings. The van der Waals surface area contributed by atoms with Gasteiger partial charge < -0.3 is 4.74 Å². The minimum Gasteiger partial charge on any atom is -0.478 e. The molecule has 0 amide bonds. The molecule has 0 aliphatic carbocycles. The molecule has 2 aromatic rings. The Morgan fingerprint density at radius 1 is 1.00 bits per heavy atom. The lowest BCUT2D eigenvalue weighted by Gasteiger charge is -2.26. The second kappa shape index (κ2) is 5.03. The third-order valence-corrected chi connectivity index (χ3v) is 3.95. The van der Waals surface area contributed by atoms with Crippen molar-refractivity contribution in [2.75, 3.05) is 0 Å². The third-order valence-electron chi connectivity index (χ3n) is 3.95. The van der Waals surface area contributed by atoms with Gasteiger partial charge in [-0.3, -0.25) is 4.79 Å². The number of Topliss-reactive ketones (excluding diaryl/α,β-unsaturated/α-hetero) is 1. The van der Waals surface area contributed by atoms with Crippen LogP contribution in [0.1, 0.15) is 43.6 Å². The molecule has 2 aromatic carbocycles. The molecule has 1 heterocycles. The largest absolute Gasteiger partial charge is 0.478 e. The van der Waals surface area contributed by atoms with Crippen LogP contribution in [0.3, 0.4) is 0 Å². The van der Waals surface area contributed by atoms with Crippen molar-refractivity contribution in [3.63, 3.8) is 0 Å². The molecule has 0 aromatic heterocycles. The van der Waals surface area contributed by atoms with Crippen molar-refractivity contribution in [1.82, 2.24) is 0 Å². The van der Waals surface area contributed by atoms with E-state index in [1.165, 1.54) is 5.56 Å². The summed E-state index contributed by atoms with van der Waals surface area (Å²) in [6.45, 7) is 6.54. The normalized spacial score (nSPS) is 18.0. The quantitative estimate of drug-likeness (QED) is 0.781. The molecule has 0 radical (unpaired) electrons. The van der Waals surface area contributed by atoms with Gasteiger partial charge in [-0.05, 0) is 22.6 Å². The van der Waals surface area contributed by atoms with Crippen LogP contribution < -0.4 is 4.74 Å². The topological polar surface area (TPSA) is 26.3 Å². The maximum atomic E-state index is 12.3. The van der Waals surface area contributed by atoms with E-state index < -0.39 is 6.10 Å². The van der Waals surface area contributed by atoms with Gasteiger partial charge in [0.05, 0.1) is 0 Å². The Bertz CT molecular complexity index is 663. The molecular weight excluding hydrogens is 260 g/mol. The molecule has 108 valence electrons. The van der Waals surface area contributed by atoms with Gasteiger partial charge in [-0.1, -0.05) is 63.2 Å². The zero-order valence-electron chi connectivity index (χ0n) is 12.7. The molecule has 1 aliphatic heterocycles. The molecule has 1 aliphatic rings. The molecule has 2 nitrogen and oxygen atoms in total. The van der Waals surface area contributed by atoms with E-state index in [1.54, 1.807) is 0 Å². The van der Waals surface area contributed by atoms with Crippen LogP contribution in [0.25, 0.3) is 0 Å². The number of carbonyl (C=O) groups excluding carboxylic acids is 1. The lowest BCUT2D eigenvalue weighted by molar-refractivity contribution is -0.126. The Morgan fingerprint density at radius 2 is 1.67 bits per heavy atom. The van der Waals surface area contributed by atoms with Crippen LogP contribution in [0.2, 0.25) is 0 Å². The summed E-state index contributed by atoms with van der Waals surface area (Å²) in [6.07, 6.45) is -0.0316. The van der Waals surface area contributed by atoms with Crippen LogP contribution >= 0.6 is 0 Å². The highest BCUT2D eigenvalue weighted by molar-refractivity contribution is 5.88. The highest BCUT2D eigenvalue weighted by Crippen LogP contribution is 2.33. The Hall–Kier alpha value is -2.09. The first-order chi connectivity index (χ1) is 9.95. The summed E-state index contributed by atoms with van der Waals surface area (Å²) in [5, 5.41) is 0. The van der Waals surface area contributed by atoms with Crippen molar-refractivity contribution in [2.45, 2.75) is 38.7 Å². The SMILES string of the molecule is CC(C)(C)c1ccc(C2Oc3ccccc3CC2=O)cc1. The van der Waals surface area contributed by atoms with Crippen molar-refractivity contribution in [2.24, 2.45) is 0 Å². The van der Waals surface area contributed by atoms with Gasteiger partial charge in [-0.25, -0.2) is 0 Å². The number of benzene rings is 2. The standard InChI is InChI=1S/C19H20O2/c1-19(2,3)15-10-8-13(9-11-15)18-16(20)12-14-6-4-5-7-17(14)21-18/h4-11,18H,12H2,1-3H3. The molecule has 1 unspecified atom stereocenters. The molecule has 21 heavy (non-hydrogen) atoms. The molecule has 1 atom stereocenters. The lowest BCUT2D eigenvalue weighted by atomic mass is 9.86. The zero-order valence-corrected chi connectivity index (χ0v) is 12.7. The van der Waals surface area contributed by atoms with E-state index in [0.29, 0.717) is 6.42 Å². The fourth-order valence-corrected chi connectivity index (χ4v) is 2.65. The van der Waals surface area contributed by atoms with Gasteiger partial charge in [-0.2, -0.15) is 0 Å². The first-order valence-electron chi connectivity index (χ1n) is 7.33. The summed E-state index contributed by atoms with van der Waals surface area (Å²) in [7, 11) is 0. The predicted octanol–water partition coefficient (Wildman–Crippen LogP) is 4.23. The van der Waals surface area contributed by atoms with Crippen LogP contribution in [0.5, 0.6) is 5.75 Å². The van der Waals surface area contributed by atoms with Crippen LogP contribution in [0.15, 0.2) is 48.5 Å². The highest BCUT2D eigenvalue weighted by Gasteiger charge is 2.29. The summed E-state index contributed by atoms with van der Waals surface area (Å²) < 4.78 is 5.91. The second-order valence-electron chi connectivity index (χ2n) is 6.62. The summed E-state index contributed by atoms with van der Waals surface area (Å²) in [5.74, 6) is 0.944. The monoisotopic (exact) mass is 280 g/mol. The minimum absolute atomic E-state index is 0.114. The average molecular weight is 280 g/mol. The van der Waals surface area contributed by atoms with Gasteiger partial charge in [0, 0.05) is 12.0 Å². The number of para-hydroxylation sites is 1. The van der Waals surface area contributed by atoms with Crippen molar-refractivity contribution >= 4 is 5.78 Å². The van der Waals surface area contributed by atoms with E-state index in [2.05, 4.69) is 32.9 Å². The fraction of sp³-hybridized carbons (Fsp3) is 0.316. The molecule has 2 heteroatoms. The number of rotatable bonds is 1. The second-order valence-corrected chi connectivity index (χ2v) is 6.62. The van der Waals surface area contributed by atoms with Crippen LogP contribution in [-0.2, 0) is 16.6 Å². The predicted molar refractivity (Wildman–Crippen MR) is 83.7 cm³/mol. The van der Waals surface area contributed by atoms with Crippen molar-refractivity contribution in [3.05, 3.63) is 65.2 Å². The number of carbonyl (C=O) groups is 1. The van der Waals surface area contributed by atoms with E-state index in [1.807, 2.05) is 36.4 Å². The Balaban J connectivity index is 1.89. The van der Waals surface area contributed by atoms with Crippen LogP contribution in [-0.4, -0.2) is 5.78 Å². The maximum absolute atomic E-state index is 12.3. The van der Waals surface area contributed by atoms with Gasteiger partial charge in [0.1, 0.15) is 5.75 Å². The van der Waals surface area contributed by atoms with E-state index in [4.69, 9.17) is 4.74 Å². The molecule has 0 bridgehead atoms. The smallest absolute Gasteiger partial charge is 0.182 e. The highest BCUT2D eigenvalue weighted by atomic mass is 16.5. The van der Waals surface area contributed by atoms with E-state index >= 15 is 0 Å². The van der Waals surface area contributed by atoms with Crippen molar-refractivity contribution in [1.29, 1.82) is 0 Å². The van der Waals surface area contributed by atoms with Gasteiger partial charge >= 0.3 is 0 Å². The first-order valence-corrected chi connectivity index (χ1v) is 7.33. The number of hydrogen-bond acceptors (Lipinski definition) is 2. The fourth-order valence-electron chi connectivity index (χ4n) is 2.65. The summed E-state index contributed by atoms with van der Waals surface area (Å²) in [6, 6.07) is 16.0. The zero-order chi connectivity index (χ0) is 15.0. The molecule has 0 saturated carbocycles. The van der Waals surface area contributed by atoms with Gasteiger partial charge in [-0.15, -0.1) is 0 Å². The Kier molecular flexibility index (Phi) is 3.32. The maximum Gasteiger partial charge on any atom is 0.182 e. The molecule has 0 spiro atoms. The van der Waals surface area contributed by atoms with Crippen molar-refractivity contribution in [3.8, 4) is 5.75 Å². The minimum atomic E-state index is -0.478. The van der Waals surface area contributed by atoms with Gasteiger partial charge in [0.25, 0.3) is 0 Å². The van der Waals surface area contributed by atoms with Gasteiger partial charge in [0.2, 0.25) is 0 Å². The molecule has 0 saturated heterocycles. The van der Waals surface area contributed by atoms with E-state index in [-0.39, 0.29) is 11.2 Å². The number of ketones is 1. The summed E-state index contributed by atoms with van der Waals surface area (Å²) >= 11 is 0. The third kappa shape index (κ3) is 2.71. The summed E-state index contributed by atoms with van der Waals surface area (Å²) in [4.78, 5) is 12.3. The Labute approximate surface area is 125 Å². The average Bonchev–Trinajstić information content (AvgIpc) is 2.46. The van der Waals surface area contributed by atoms with E-state index in [9.17, 15) is 4.79 Å².